The van der Waals surface area contributed by atoms with Gasteiger partial charge in [-0.15, -0.1) is 11.3 Å². The van der Waals surface area contributed by atoms with Gasteiger partial charge in [-0.1, -0.05) is 0 Å². The smallest absolute Gasteiger partial charge is 0.330 e. The third-order valence-corrected chi connectivity index (χ3v) is 4.08. The first-order valence-corrected chi connectivity index (χ1v) is 7.85. The molecule has 1 rings (SSSR count). The zero-order valence-corrected chi connectivity index (χ0v) is 14.5. The van der Waals surface area contributed by atoms with Crippen LogP contribution < -0.4 is 16.4 Å². The Hall–Kier alpha value is -2.26. The molecular weight excluding hydrogens is 338 g/mol. The number of carbonyl (C=O) groups is 3. The first-order valence-electron chi connectivity index (χ1n) is 6.62. The maximum absolute atomic E-state index is 11.6. The second kappa shape index (κ2) is 8.39. The fraction of sp³-hybridized carbons (Fsp3) is 0.286. The van der Waals surface area contributed by atoms with Crippen LogP contribution in [0, 0.1) is 13.8 Å². The van der Waals surface area contributed by atoms with E-state index < -0.39 is 17.8 Å². The molecule has 0 saturated heterocycles. The number of esters is 1. The molecule has 1 aromatic heterocycles. The summed E-state index contributed by atoms with van der Waals surface area (Å²) in [4.78, 5) is 35.1. The summed E-state index contributed by atoms with van der Waals surface area (Å²) in [5, 5.41) is 5.58. The lowest BCUT2D eigenvalue weighted by Gasteiger charge is -2.07. The Morgan fingerprint density at radius 2 is 1.96 bits per heavy atom. The standard InChI is InChI=1S/C14H17N3O4S2/c1-4-21-10(19)6-5-9(18)16-14(22)17-13-11(12(15)20)7(2)8(3)23-13/h5-6H,4H2,1-3H3,(H2,15,20)(H2,16,17,18,22)/b6-5+. The molecule has 0 unspecified atom stereocenters. The van der Waals surface area contributed by atoms with E-state index >= 15 is 0 Å². The predicted molar refractivity (Wildman–Crippen MR) is 92.4 cm³/mol. The Bertz CT molecular complexity index is 680. The molecule has 124 valence electrons. The molecule has 7 nitrogen and oxygen atoms in total. The number of thiophene rings is 1. The van der Waals surface area contributed by atoms with Crippen molar-refractivity contribution in [2.75, 3.05) is 11.9 Å². The van der Waals surface area contributed by atoms with Crippen LogP contribution in [0.1, 0.15) is 27.7 Å². The normalized spacial score (nSPS) is 10.4. The summed E-state index contributed by atoms with van der Waals surface area (Å²) in [6.07, 6.45) is 2.00. The Kier molecular flexibility index (Phi) is 6.86. The molecule has 1 heterocycles. The van der Waals surface area contributed by atoms with Gasteiger partial charge in [0.05, 0.1) is 12.2 Å². The van der Waals surface area contributed by atoms with Crippen LogP contribution >= 0.6 is 23.6 Å². The number of aryl methyl sites for hydroxylation is 1. The van der Waals surface area contributed by atoms with Gasteiger partial charge in [0.1, 0.15) is 5.00 Å². The van der Waals surface area contributed by atoms with Crippen molar-refractivity contribution in [2.24, 2.45) is 5.73 Å². The van der Waals surface area contributed by atoms with Gasteiger partial charge in [-0.25, -0.2) is 4.79 Å². The van der Waals surface area contributed by atoms with Gasteiger partial charge in [0.15, 0.2) is 5.11 Å². The number of hydrogen-bond donors (Lipinski definition) is 3. The molecule has 0 atom stereocenters. The van der Waals surface area contributed by atoms with Crippen LogP contribution in [0.4, 0.5) is 5.00 Å². The second-order valence-corrected chi connectivity index (χ2v) is 6.01. The summed E-state index contributed by atoms with van der Waals surface area (Å²) < 4.78 is 4.65. The predicted octanol–water partition coefficient (Wildman–Crippen LogP) is 1.40. The summed E-state index contributed by atoms with van der Waals surface area (Å²) in [7, 11) is 0. The molecule has 4 N–H and O–H groups in total. The monoisotopic (exact) mass is 355 g/mol. The van der Waals surface area contributed by atoms with E-state index in [9.17, 15) is 14.4 Å². The molecule has 1 aromatic rings. The molecule has 2 amide bonds. The highest BCUT2D eigenvalue weighted by molar-refractivity contribution is 7.80. The second-order valence-electron chi connectivity index (χ2n) is 4.38. The molecule has 0 radical (unpaired) electrons. The zero-order valence-electron chi connectivity index (χ0n) is 12.9. The summed E-state index contributed by atoms with van der Waals surface area (Å²) in [6, 6.07) is 0. The minimum atomic E-state index is -0.623. The molecule has 9 heteroatoms. The van der Waals surface area contributed by atoms with Gasteiger partial charge in [-0.05, 0) is 38.6 Å². The van der Waals surface area contributed by atoms with Gasteiger partial charge >= 0.3 is 5.97 Å². The first-order chi connectivity index (χ1) is 10.8. The molecule has 0 aliphatic heterocycles. The molecule has 0 aliphatic carbocycles. The molecular formula is C14H17N3O4S2. The topological polar surface area (TPSA) is 111 Å². The highest BCUT2D eigenvalue weighted by atomic mass is 32.1. The van der Waals surface area contributed by atoms with Crippen LogP contribution in [0.2, 0.25) is 0 Å². The highest BCUT2D eigenvalue weighted by Gasteiger charge is 2.18. The molecule has 0 bridgehead atoms. The van der Waals surface area contributed by atoms with Crippen LogP contribution in [0.5, 0.6) is 0 Å². The van der Waals surface area contributed by atoms with Gasteiger partial charge in [0.2, 0.25) is 5.91 Å². The van der Waals surface area contributed by atoms with E-state index in [1.807, 2.05) is 6.92 Å². The number of thiocarbonyl (C=S) groups is 1. The maximum atomic E-state index is 11.6. The fourth-order valence-electron chi connectivity index (χ4n) is 1.63. The van der Waals surface area contributed by atoms with Crippen LogP contribution in [-0.4, -0.2) is 29.5 Å². The molecule has 0 fully saturated rings. The van der Waals surface area contributed by atoms with E-state index in [2.05, 4.69) is 15.4 Å². The van der Waals surface area contributed by atoms with Crippen molar-refractivity contribution in [3.05, 3.63) is 28.2 Å². The number of ether oxygens (including phenoxy) is 1. The van der Waals surface area contributed by atoms with Crippen LogP contribution in [-0.2, 0) is 14.3 Å². The van der Waals surface area contributed by atoms with E-state index in [4.69, 9.17) is 18.0 Å². The number of primary amides is 1. The van der Waals surface area contributed by atoms with Crippen LogP contribution in [0.25, 0.3) is 0 Å². The SMILES string of the molecule is CCOC(=O)/C=C/C(=O)NC(=S)Nc1sc(C)c(C)c1C(N)=O. The number of nitrogens with one attached hydrogen (secondary N) is 2. The zero-order chi connectivity index (χ0) is 17.6. The highest BCUT2D eigenvalue weighted by Crippen LogP contribution is 2.31. The number of carbonyl (C=O) groups excluding carboxylic acids is 3. The number of hydrogen-bond acceptors (Lipinski definition) is 6. The largest absolute Gasteiger partial charge is 0.463 e. The van der Waals surface area contributed by atoms with Crippen molar-refractivity contribution in [3.8, 4) is 0 Å². The van der Waals surface area contributed by atoms with Crippen molar-refractivity contribution in [3.63, 3.8) is 0 Å². The number of nitrogens with two attached hydrogens (primary N) is 1. The van der Waals surface area contributed by atoms with Crippen molar-refractivity contribution in [2.45, 2.75) is 20.8 Å². The van der Waals surface area contributed by atoms with Gasteiger partial charge in [-0.2, -0.15) is 0 Å². The van der Waals surface area contributed by atoms with Crippen LogP contribution in [0.3, 0.4) is 0 Å². The van der Waals surface area contributed by atoms with Crippen molar-refractivity contribution < 1.29 is 19.1 Å². The van der Waals surface area contributed by atoms with Gasteiger partial charge in [0.25, 0.3) is 5.91 Å². The van der Waals surface area contributed by atoms with E-state index in [-0.39, 0.29) is 11.7 Å². The van der Waals surface area contributed by atoms with Gasteiger partial charge < -0.3 is 15.8 Å². The van der Waals surface area contributed by atoms with Crippen LogP contribution in [0.15, 0.2) is 12.2 Å². The molecule has 23 heavy (non-hydrogen) atoms. The van der Waals surface area contributed by atoms with Gasteiger partial charge in [0, 0.05) is 17.0 Å². The third kappa shape index (κ3) is 5.46. The third-order valence-electron chi connectivity index (χ3n) is 2.75. The van der Waals surface area contributed by atoms with E-state index in [0.717, 1.165) is 22.6 Å². The lowest BCUT2D eigenvalue weighted by atomic mass is 10.1. The Morgan fingerprint density at radius 3 is 2.52 bits per heavy atom. The molecule has 0 spiro atoms. The number of anilines is 1. The first kappa shape index (κ1) is 18.8. The van der Waals surface area contributed by atoms with Gasteiger partial charge in [-0.3, -0.25) is 14.9 Å². The average Bonchev–Trinajstić information content (AvgIpc) is 2.71. The average molecular weight is 355 g/mol. The Morgan fingerprint density at radius 1 is 1.30 bits per heavy atom. The minimum absolute atomic E-state index is 0.00717. The van der Waals surface area contributed by atoms with Crippen molar-refractivity contribution in [1.29, 1.82) is 0 Å². The Labute approximate surface area is 142 Å². The molecule has 0 aliphatic rings. The van der Waals surface area contributed by atoms with E-state index in [1.54, 1.807) is 13.8 Å². The molecule has 0 saturated carbocycles. The lowest BCUT2D eigenvalue weighted by Crippen LogP contribution is -2.33. The van der Waals surface area contributed by atoms with Crippen molar-refractivity contribution >= 4 is 51.5 Å². The summed E-state index contributed by atoms with van der Waals surface area (Å²) >= 11 is 6.31. The van der Waals surface area contributed by atoms with E-state index in [1.165, 1.54) is 11.3 Å². The lowest BCUT2D eigenvalue weighted by molar-refractivity contribution is -0.137. The molecule has 0 aromatic carbocycles. The summed E-state index contributed by atoms with van der Waals surface area (Å²) in [6.45, 7) is 5.51. The van der Waals surface area contributed by atoms with E-state index in [0.29, 0.717) is 10.6 Å². The quantitative estimate of drug-likeness (QED) is 0.418. The minimum Gasteiger partial charge on any atom is -0.463 e. The summed E-state index contributed by atoms with van der Waals surface area (Å²) in [5.74, 6) is -1.80. The fourth-order valence-corrected chi connectivity index (χ4v) is 2.97. The summed E-state index contributed by atoms with van der Waals surface area (Å²) in [5.41, 5.74) is 6.45. The Balaban J connectivity index is 2.71. The van der Waals surface area contributed by atoms with Crippen molar-refractivity contribution in [1.82, 2.24) is 5.32 Å². The maximum Gasteiger partial charge on any atom is 0.330 e. The number of rotatable bonds is 5. The number of amides is 2.